The minimum atomic E-state index is -1.41. The summed E-state index contributed by atoms with van der Waals surface area (Å²) in [6.07, 6.45) is 5.82. The molecular formula is C14H12FN5O. The highest BCUT2D eigenvalue weighted by Gasteiger charge is 2.40. The standard InChI is InChI=1S/C14H12FN5O/c1-14(13(16)21,8-3-2-4-17-5-8)12-11(15)9-6-19-20-10(9)7-18-12/h2-7H,1H3,(H2,16,21)(H,19,20). The van der Waals surface area contributed by atoms with Crippen molar-refractivity contribution in [2.45, 2.75) is 12.3 Å². The summed E-state index contributed by atoms with van der Waals surface area (Å²) in [5, 5.41) is 6.66. The van der Waals surface area contributed by atoms with Crippen molar-refractivity contribution in [3.63, 3.8) is 0 Å². The number of rotatable bonds is 3. The maximum atomic E-state index is 14.7. The number of nitrogens with zero attached hydrogens (tertiary/aromatic N) is 3. The quantitative estimate of drug-likeness (QED) is 0.757. The van der Waals surface area contributed by atoms with Gasteiger partial charge in [-0.1, -0.05) is 6.07 Å². The molecule has 0 saturated carbocycles. The summed E-state index contributed by atoms with van der Waals surface area (Å²) in [7, 11) is 0. The lowest BCUT2D eigenvalue weighted by Gasteiger charge is -2.26. The number of pyridine rings is 2. The largest absolute Gasteiger partial charge is 0.369 e. The maximum Gasteiger partial charge on any atom is 0.234 e. The molecule has 7 heteroatoms. The number of aromatic amines is 1. The summed E-state index contributed by atoms with van der Waals surface area (Å²) in [6.45, 7) is 1.53. The minimum absolute atomic E-state index is 0.0445. The van der Waals surface area contributed by atoms with Crippen LogP contribution in [0.3, 0.4) is 0 Å². The molecular weight excluding hydrogens is 273 g/mol. The number of amides is 1. The van der Waals surface area contributed by atoms with E-state index in [4.69, 9.17) is 5.73 Å². The van der Waals surface area contributed by atoms with Gasteiger partial charge in [0.25, 0.3) is 0 Å². The molecule has 3 aromatic rings. The first-order valence-corrected chi connectivity index (χ1v) is 6.23. The van der Waals surface area contributed by atoms with E-state index in [1.165, 1.54) is 25.5 Å². The average Bonchev–Trinajstić information content (AvgIpc) is 2.97. The second kappa shape index (κ2) is 4.62. The van der Waals surface area contributed by atoms with Crippen LogP contribution in [0.25, 0.3) is 10.9 Å². The molecule has 1 unspecified atom stereocenters. The summed E-state index contributed by atoms with van der Waals surface area (Å²) in [4.78, 5) is 20.1. The Kier molecular flexibility index (Phi) is 2.90. The fraction of sp³-hybridized carbons (Fsp3) is 0.143. The van der Waals surface area contributed by atoms with Gasteiger partial charge in [0, 0.05) is 12.4 Å². The lowest BCUT2D eigenvalue weighted by molar-refractivity contribution is -0.121. The molecule has 0 spiro atoms. The number of primary amides is 1. The van der Waals surface area contributed by atoms with E-state index >= 15 is 0 Å². The second-order valence-corrected chi connectivity index (χ2v) is 4.85. The molecule has 3 N–H and O–H groups in total. The van der Waals surface area contributed by atoms with Gasteiger partial charge in [-0.3, -0.25) is 19.9 Å². The number of hydrogen-bond acceptors (Lipinski definition) is 4. The second-order valence-electron chi connectivity index (χ2n) is 4.85. The first-order chi connectivity index (χ1) is 10.0. The van der Waals surface area contributed by atoms with Crippen LogP contribution in [0.4, 0.5) is 4.39 Å². The smallest absolute Gasteiger partial charge is 0.234 e. The number of hydrogen-bond donors (Lipinski definition) is 2. The Bertz CT molecular complexity index is 817. The van der Waals surface area contributed by atoms with Crippen molar-refractivity contribution in [2.75, 3.05) is 0 Å². The Morgan fingerprint density at radius 3 is 2.86 bits per heavy atom. The number of carbonyl (C=O) groups is 1. The number of nitrogens with two attached hydrogens (primary N) is 1. The van der Waals surface area contributed by atoms with Gasteiger partial charge in [-0.25, -0.2) is 4.39 Å². The summed E-state index contributed by atoms with van der Waals surface area (Å²) in [6, 6.07) is 3.32. The molecule has 6 nitrogen and oxygen atoms in total. The monoisotopic (exact) mass is 285 g/mol. The number of carbonyl (C=O) groups excluding carboxylic acids is 1. The van der Waals surface area contributed by atoms with Crippen molar-refractivity contribution in [1.29, 1.82) is 0 Å². The molecule has 0 aromatic carbocycles. The zero-order valence-electron chi connectivity index (χ0n) is 11.2. The molecule has 106 valence electrons. The zero-order valence-corrected chi connectivity index (χ0v) is 11.2. The van der Waals surface area contributed by atoms with Gasteiger partial charge in [0.2, 0.25) is 5.91 Å². The lowest BCUT2D eigenvalue weighted by Crippen LogP contribution is -2.41. The molecule has 0 fully saturated rings. The Morgan fingerprint density at radius 2 is 2.19 bits per heavy atom. The summed E-state index contributed by atoms with van der Waals surface area (Å²) < 4.78 is 14.7. The van der Waals surface area contributed by atoms with Crippen molar-refractivity contribution in [3.05, 3.63) is 54.0 Å². The van der Waals surface area contributed by atoms with Gasteiger partial charge in [0.15, 0.2) is 5.82 Å². The fourth-order valence-corrected chi connectivity index (χ4v) is 2.29. The fourth-order valence-electron chi connectivity index (χ4n) is 2.29. The molecule has 3 heterocycles. The van der Waals surface area contributed by atoms with E-state index in [1.54, 1.807) is 18.3 Å². The van der Waals surface area contributed by atoms with Crippen molar-refractivity contribution < 1.29 is 9.18 Å². The van der Waals surface area contributed by atoms with Gasteiger partial charge in [-0.15, -0.1) is 0 Å². The molecule has 3 rings (SSSR count). The molecule has 0 bridgehead atoms. The normalized spacial score (nSPS) is 14.0. The van der Waals surface area contributed by atoms with E-state index in [2.05, 4.69) is 20.2 Å². The van der Waals surface area contributed by atoms with E-state index in [9.17, 15) is 9.18 Å². The summed E-state index contributed by atoms with van der Waals surface area (Å²) in [5.41, 5.74) is 5.00. The van der Waals surface area contributed by atoms with E-state index in [1.807, 2.05) is 0 Å². The van der Waals surface area contributed by atoms with Crippen LogP contribution in [-0.2, 0) is 10.2 Å². The Morgan fingerprint density at radius 1 is 1.38 bits per heavy atom. The van der Waals surface area contributed by atoms with Crippen LogP contribution in [-0.4, -0.2) is 26.1 Å². The van der Waals surface area contributed by atoms with E-state index in [-0.39, 0.29) is 11.1 Å². The average molecular weight is 285 g/mol. The number of nitrogens with one attached hydrogen (secondary N) is 1. The molecule has 0 radical (unpaired) electrons. The predicted molar refractivity (Wildman–Crippen MR) is 73.7 cm³/mol. The third-order valence-corrected chi connectivity index (χ3v) is 3.64. The maximum absolute atomic E-state index is 14.7. The highest BCUT2D eigenvalue weighted by molar-refractivity contribution is 5.91. The van der Waals surface area contributed by atoms with Crippen LogP contribution < -0.4 is 5.73 Å². The molecule has 0 aliphatic carbocycles. The molecule has 0 saturated heterocycles. The molecule has 1 atom stereocenters. The van der Waals surface area contributed by atoms with Crippen LogP contribution in [0, 0.1) is 5.82 Å². The van der Waals surface area contributed by atoms with Crippen LogP contribution >= 0.6 is 0 Å². The first kappa shape index (κ1) is 13.2. The van der Waals surface area contributed by atoms with E-state index < -0.39 is 17.1 Å². The van der Waals surface area contributed by atoms with Gasteiger partial charge in [-0.2, -0.15) is 5.10 Å². The summed E-state index contributed by atoms with van der Waals surface area (Å²) >= 11 is 0. The molecule has 0 aliphatic rings. The minimum Gasteiger partial charge on any atom is -0.369 e. The van der Waals surface area contributed by atoms with Gasteiger partial charge >= 0.3 is 0 Å². The molecule has 0 aliphatic heterocycles. The molecule has 1 amide bonds. The van der Waals surface area contributed by atoms with Gasteiger partial charge in [-0.05, 0) is 18.6 Å². The van der Waals surface area contributed by atoms with Gasteiger partial charge in [0.1, 0.15) is 5.41 Å². The van der Waals surface area contributed by atoms with Crippen LogP contribution in [0.1, 0.15) is 18.2 Å². The van der Waals surface area contributed by atoms with Gasteiger partial charge < -0.3 is 5.73 Å². The van der Waals surface area contributed by atoms with E-state index in [0.717, 1.165) is 0 Å². The summed E-state index contributed by atoms with van der Waals surface area (Å²) in [5.74, 6) is -1.32. The number of fused-ring (bicyclic) bond motifs is 1. The van der Waals surface area contributed by atoms with Crippen molar-refractivity contribution in [3.8, 4) is 0 Å². The van der Waals surface area contributed by atoms with Crippen molar-refractivity contribution in [2.24, 2.45) is 5.73 Å². The van der Waals surface area contributed by atoms with Crippen LogP contribution in [0.15, 0.2) is 36.9 Å². The molecule has 21 heavy (non-hydrogen) atoms. The van der Waals surface area contributed by atoms with Crippen molar-refractivity contribution in [1.82, 2.24) is 20.2 Å². The third-order valence-electron chi connectivity index (χ3n) is 3.64. The van der Waals surface area contributed by atoms with Crippen molar-refractivity contribution >= 4 is 16.8 Å². The lowest BCUT2D eigenvalue weighted by atomic mass is 9.78. The first-order valence-electron chi connectivity index (χ1n) is 6.23. The Hall–Kier alpha value is -2.83. The SMILES string of the molecule is CC(C(N)=O)(c1cccnc1)c1ncc2[nH]ncc2c1F. The van der Waals surface area contributed by atoms with E-state index in [0.29, 0.717) is 11.1 Å². The number of aromatic nitrogens is 4. The van der Waals surface area contributed by atoms with Crippen LogP contribution in [0.2, 0.25) is 0 Å². The Labute approximate surface area is 119 Å². The highest BCUT2D eigenvalue weighted by atomic mass is 19.1. The molecule has 3 aromatic heterocycles. The number of halogens is 1. The Balaban J connectivity index is 2.30. The predicted octanol–water partition coefficient (Wildman–Crippen LogP) is 1.28. The third kappa shape index (κ3) is 1.85. The topological polar surface area (TPSA) is 97.5 Å². The highest BCUT2D eigenvalue weighted by Crippen LogP contribution is 2.33. The van der Waals surface area contributed by atoms with Gasteiger partial charge in [0.05, 0.1) is 29.0 Å². The zero-order chi connectivity index (χ0) is 15.0. The number of H-pyrrole nitrogens is 1. The van der Waals surface area contributed by atoms with Crippen LogP contribution in [0.5, 0.6) is 0 Å².